The van der Waals surface area contributed by atoms with Gasteiger partial charge in [0.15, 0.2) is 0 Å². The molecule has 1 aromatic carbocycles. The van der Waals surface area contributed by atoms with Crippen molar-refractivity contribution >= 4 is 10.0 Å². The Hall–Kier alpha value is -0.980. The molecule has 16 heavy (non-hydrogen) atoms. The first-order chi connectivity index (χ1) is 7.30. The van der Waals surface area contributed by atoms with Crippen LogP contribution in [0.1, 0.15) is 11.1 Å². The monoisotopic (exact) mass is 247 g/mol. The first-order valence-electron chi connectivity index (χ1n) is 4.60. The molecule has 0 bridgehead atoms. The SMILES string of the molecule is CON(C)S(=O)(=O)c1c(C)cc(F)cc1C. The first kappa shape index (κ1) is 13.1. The maximum atomic E-state index is 13.0. The lowest BCUT2D eigenvalue weighted by Crippen LogP contribution is -2.27. The Morgan fingerprint density at radius 1 is 1.25 bits per heavy atom. The summed E-state index contributed by atoms with van der Waals surface area (Å²) in [5.74, 6) is -0.450. The third kappa shape index (κ3) is 2.23. The molecule has 0 saturated carbocycles. The molecule has 0 aliphatic heterocycles. The topological polar surface area (TPSA) is 46.6 Å². The molecule has 4 nitrogen and oxygen atoms in total. The molecule has 90 valence electrons. The molecule has 0 N–H and O–H groups in total. The van der Waals surface area contributed by atoms with Crippen molar-refractivity contribution in [3.05, 3.63) is 29.1 Å². The van der Waals surface area contributed by atoms with Crippen LogP contribution < -0.4 is 0 Å². The summed E-state index contributed by atoms with van der Waals surface area (Å²) in [4.78, 5) is 4.74. The van der Waals surface area contributed by atoms with Gasteiger partial charge in [0.25, 0.3) is 10.0 Å². The predicted molar refractivity (Wildman–Crippen MR) is 57.8 cm³/mol. The number of aryl methyl sites for hydroxylation is 2. The van der Waals surface area contributed by atoms with Crippen LogP contribution in [0, 0.1) is 19.7 Å². The van der Waals surface area contributed by atoms with Crippen LogP contribution in [0.15, 0.2) is 17.0 Å². The van der Waals surface area contributed by atoms with Gasteiger partial charge < -0.3 is 0 Å². The minimum absolute atomic E-state index is 0.0817. The van der Waals surface area contributed by atoms with E-state index >= 15 is 0 Å². The van der Waals surface area contributed by atoms with Crippen molar-refractivity contribution in [1.29, 1.82) is 0 Å². The summed E-state index contributed by atoms with van der Waals surface area (Å²) in [6, 6.07) is 2.37. The third-order valence-electron chi connectivity index (χ3n) is 2.28. The summed E-state index contributed by atoms with van der Waals surface area (Å²) in [6.07, 6.45) is 0. The average Bonchev–Trinajstić information content (AvgIpc) is 2.14. The smallest absolute Gasteiger partial charge is 0.265 e. The second-order valence-corrected chi connectivity index (χ2v) is 5.34. The Bertz CT molecular complexity index is 476. The van der Waals surface area contributed by atoms with E-state index in [1.807, 2.05) is 0 Å². The standard InChI is InChI=1S/C10H14FNO3S/c1-7-5-9(11)6-8(2)10(7)16(13,14)12(3)15-4/h5-6H,1-4H3. The van der Waals surface area contributed by atoms with Crippen LogP contribution in [0.5, 0.6) is 0 Å². The average molecular weight is 247 g/mol. The molecular weight excluding hydrogens is 233 g/mol. The molecule has 0 atom stereocenters. The molecule has 0 amide bonds. The maximum absolute atomic E-state index is 13.0. The van der Waals surface area contributed by atoms with Crippen molar-refractivity contribution in [2.75, 3.05) is 14.2 Å². The van der Waals surface area contributed by atoms with Crippen molar-refractivity contribution in [2.45, 2.75) is 18.7 Å². The summed E-state index contributed by atoms with van der Waals surface area (Å²) in [5.41, 5.74) is 0.725. The number of hydrogen-bond donors (Lipinski definition) is 0. The van der Waals surface area contributed by atoms with Crippen LogP contribution in [0.3, 0.4) is 0 Å². The van der Waals surface area contributed by atoms with E-state index in [0.717, 1.165) is 4.47 Å². The Kier molecular flexibility index (Phi) is 3.67. The van der Waals surface area contributed by atoms with Crippen LogP contribution in [0.2, 0.25) is 0 Å². The van der Waals surface area contributed by atoms with Crippen molar-refractivity contribution in [3.8, 4) is 0 Å². The van der Waals surface area contributed by atoms with Gasteiger partial charge in [-0.1, -0.05) is 4.47 Å². The highest BCUT2D eigenvalue weighted by molar-refractivity contribution is 7.89. The molecular formula is C10H14FNO3S. The van der Waals surface area contributed by atoms with Crippen LogP contribution in [-0.2, 0) is 14.9 Å². The van der Waals surface area contributed by atoms with Gasteiger partial charge in [-0.25, -0.2) is 12.8 Å². The van der Waals surface area contributed by atoms with Gasteiger partial charge in [-0.05, 0) is 37.1 Å². The van der Waals surface area contributed by atoms with E-state index in [-0.39, 0.29) is 4.90 Å². The zero-order valence-corrected chi connectivity index (χ0v) is 10.4. The fourth-order valence-electron chi connectivity index (χ4n) is 1.53. The highest BCUT2D eigenvalue weighted by Gasteiger charge is 2.25. The summed E-state index contributed by atoms with van der Waals surface area (Å²) in [5, 5.41) is 0. The van der Waals surface area contributed by atoms with Crippen LogP contribution in [0.4, 0.5) is 4.39 Å². The number of rotatable bonds is 3. The zero-order valence-electron chi connectivity index (χ0n) is 9.61. The molecule has 0 aliphatic carbocycles. The van der Waals surface area contributed by atoms with Gasteiger partial charge in [-0.2, -0.15) is 0 Å². The summed E-state index contributed by atoms with van der Waals surface area (Å²) in [7, 11) is -1.18. The van der Waals surface area contributed by atoms with E-state index in [4.69, 9.17) is 0 Å². The third-order valence-corrected chi connectivity index (χ3v) is 4.26. The number of sulfonamides is 1. The molecule has 1 aromatic rings. The Labute approximate surface area is 94.6 Å². The van der Waals surface area contributed by atoms with Crippen LogP contribution in [0.25, 0.3) is 0 Å². The lowest BCUT2D eigenvalue weighted by atomic mass is 10.1. The number of hydrogen-bond acceptors (Lipinski definition) is 3. The van der Waals surface area contributed by atoms with Crippen molar-refractivity contribution in [2.24, 2.45) is 0 Å². The Morgan fingerprint density at radius 2 is 1.69 bits per heavy atom. The lowest BCUT2D eigenvalue weighted by Gasteiger charge is -2.17. The van der Waals surface area contributed by atoms with E-state index in [2.05, 4.69) is 4.84 Å². The molecule has 1 rings (SSSR count). The van der Waals surface area contributed by atoms with Crippen LogP contribution in [-0.4, -0.2) is 27.0 Å². The number of benzene rings is 1. The summed E-state index contributed by atoms with van der Waals surface area (Å²) < 4.78 is 37.8. The fourth-order valence-corrected chi connectivity index (χ4v) is 2.92. The predicted octanol–water partition coefficient (Wildman–Crippen LogP) is 1.62. The molecule has 0 heterocycles. The number of nitrogens with zero attached hydrogens (tertiary/aromatic N) is 1. The van der Waals surface area contributed by atoms with Gasteiger partial charge in [0.1, 0.15) is 5.82 Å². The van der Waals surface area contributed by atoms with Gasteiger partial charge in [0.2, 0.25) is 0 Å². The molecule has 6 heteroatoms. The molecule has 0 fully saturated rings. The largest absolute Gasteiger partial charge is 0.288 e. The van der Waals surface area contributed by atoms with Gasteiger partial charge in [0.05, 0.1) is 12.0 Å². The summed E-state index contributed by atoms with van der Waals surface area (Å²) in [6.45, 7) is 3.10. The van der Waals surface area contributed by atoms with Gasteiger partial charge in [-0.15, -0.1) is 0 Å². The minimum Gasteiger partial charge on any atom is -0.288 e. The number of halogens is 1. The second-order valence-electron chi connectivity index (χ2n) is 3.47. The highest BCUT2D eigenvalue weighted by atomic mass is 32.2. The molecule has 0 unspecified atom stereocenters. The van der Waals surface area contributed by atoms with E-state index in [0.29, 0.717) is 11.1 Å². The molecule has 0 spiro atoms. The molecule has 0 radical (unpaired) electrons. The number of hydroxylamine groups is 1. The van der Waals surface area contributed by atoms with Crippen molar-refractivity contribution in [1.82, 2.24) is 4.47 Å². The zero-order chi connectivity index (χ0) is 12.5. The lowest BCUT2D eigenvalue weighted by molar-refractivity contribution is -0.0259. The van der Waals surface area contributed by atoms with E-state index in [1.54, 1.807) is 13.8 Å². The van der Waals surface area contributed by atoms with Gasteiger partial charge in [-0.3, -0.25) is 4.84 Å². The molecule has 0 aromatic heterocycles. The van der Waals surface area contributed by atoms with Gasteiger partial charge >= 0.3 is 0 Å². The Balaban J connectivity index is 3.45. The van der Waals surface area contributed by atoms with Crippen molar-refractivity contribution in [3.63, 3.8) is 0 Å². The normalized spacial score (nSPS) is 12.1. The highest BCUT2D eigenvalue weighted by Crippen LogP contribution is 2.24. The molecule has 0 saturated heterocycles. The van der Waals surface area contributed by atoms with E-state index < -0.39 is 15.8 Å². The molecule has 0 aliphatic rings. The van der Waals surface area contributed by atoms with Crippen molar-refractivity contribution < 1.29 is 17.6 Å². The second kappa shape index (κ2) is 4.48. The fraction of sp³-hybridized carbons (Fsp3) is 0.400. The Morgan fingerprint density at radius 3 is 2.06 bits per heavy atom. The quantitative estimate of drug-likeness (QED) is 0.763. The minimum atomic E-state index is -3.72. The summed E-state index contributed by atoms with van der Waals surface area (Å²) >= 11 is 0. The van der Waals surface area contributed by atoms with Gasteiger partial charge in [0, 0.05) is 7.05 Å². The maximum Gasteiger partial charge on any atom is 0.265 e. The van der Waals surface area contributed by atoms with E-state index in [9.17, 15) is 12.8 Å². The van der Waals surface area contributed by atoms with E-state index in [1.165, 1.54) is 26.3 Å². The van der Waals surface area contributed by atoms with Crippen LogP contribution >= 0.6 is 0 Å². The first-order valence-corrected chi connectivity index (χ1v) is 6.04.